The van der Waals surface area contributed by atoms with Crippen molar-refractivity contribution in [2.45, 2.75) is 45.1 Å². The number of carboxylic acid groups (broad SMARTS) is 1. The molecule has 0 aliphatic rings. The number of esters is 1. The molecule has 5 heteroatoms. The summed E-state index contributed by atoms with van der Waals surface area (Å²) in [4.78, 5) is 22.3. The molecule has 0 aliphatic heterocycles. The summed E-state index contributed by atoms with van der Waals surface area (Å²) < 4.78 is 5.70. The van der Waals surface area contributed by atoms with E-state index >= 15 is 0 Å². The second-order valence-corrected chi connectivity index (χ2v) is 6.01. The highest BCUT2D eigenvalue weighted by Crippen LogP contribution is 2.06. The van der Waals surface area contributed by atoms with Crippen molar-refractivity contribution in [3.05, 3.63) is 12.2 Å². The van der Waals surface area contributed by atoms with Crippen LogP contribution in [0.5, 0.6) is 0 Å². The van der Waals surface area contributed by atoms with Gasteiger partial charge in [0.1, 0.15) is 6.54 Å². The number of aliphatic carboxylic acids is 1. The second-order valence-electron chi connectivity index (χ2n) is 6.01. The van der Waals surface area contributed by atoms with E-state index in [4.69, 9.17) is 4.74 Å². The molecule has 0 aromatic rings. The van der Waals surface area contributed by atoms with Crippen LogP contribution in [0.3, 0.4) is 0 Å². The van der Waals surface area contributed by atoms with Gasteiger partial charge in [0.15, 0.2) is 6.10 Å². The molecule has 0 bridgehead atoms. The van der Waals surface area contributed by atoms with E-state index in [9.17, 15) is 14.7 Å². The first-order valence-corrected chi connectivity index (χ1v) is 7.12. The van der Waals surface area contributed by atoms with E-state index in [1.54, 1.807) is 6.08 Å². The summed E-state index contributed by atoms with van der Waals surface area (Å²) in [6.45, 7) is 2.55. The van der Waals surface area contributed by atoms with Crippen molar-refractivity contribution < 1.29 is 23.9 Å². The van der Waals surface area contributed by atoms with Crippen molar-refractivity contribution in [1.82, 2.24) is 0 Å². The van der Waals surface area contributed by atoms with Crippen LogP contribution in [0.4, 0.5) is 0 Å². The van der Waals surface area contributed by atoms with Crippen molar-refractivity contribution in [2.24, 2.45) is 0 Å². The third kappa shape index (κ3) is 11.7. The van der Waals surface area contributed by atoms with Crippen molar-refractivity contribution in [1.29, 1.82) is 0 Å². The van der Waals surface area contributed by atoms with Crippen LogP contribution in [-0.2, 0) is 14.3 Å². The fourth-order valence-corrected chi connectivity index (χ4v) is 1.84. The largest absolute Gasteiger partial charge is 0.550 e. The standard InChI is InChI=1S/C15H27NO4/c1-5-6-7-8-9-10-15(19)20-13(11-14(17)18)12-16(2,3)4/h9-10,13H,5-8,11-12H2,1-4H3/b10-9+. The minimum absolute atomic E-state index is 0.273. The maximum absolute atomic E-state index is 11.6. The predicted octanol–water partition coefficient (Wildman–Crippen LogP) is 0.881. The molecule has 0 aliphatic carbocycles. The zero-order valence-corrected chi connectivity index (χ0v) is 13.1. The van der Waals surface area contributed by atoms with Crippen LogP contribution in [0.25, 0.3) is 0 Å². The number of likely N-dealkylation sites (N-methyl/N-ethyl adjacent to an activating group) is 1. The van der Waals surface area contributed by atoms with Gasteiger partial charge in [-0.3, -0.25) is 0 Å². The molecule has 0 aromatic carbocycles. The lowest BCUT2D eigenvalue weighted by atomic mass is 10.2. The Morgan fingerprint density at radius 3 is 2.40 bits per heavy atom. The van der Waals surface area contributed by atoms with Gasteiger partial charge >= 0.3 is 5.97 Å². The minimum atomic E-state index is -1.21. The first-order chi connectivity index (χ1) is 9.24. The molecule has 0 fully saturated rings. The number of carbonyl (C=O) groups excluding carboxylic acids is 2. The smallest absolute Gasteiger partial charge is 0.330 e. The molecule has 1 atom stereocenters. The van der Waals surface area contributed by atoms with Crippen LogP contribution in [0, 0.1) is 0 Å². The number of unbranched alkanes of at least 4 members (excludes halogenated alkanes) is 3. The van der Waals surface area contributed by atoms with Crippen LogP contribution >= 0.6 is 0 Å². The topological polar surface area (TPSA) is 66.4 Å². The third-order valence-corrected chi connectivity index (χ3v) is 2.66. The van der Waals surface area contributed by atoms with Gasteiger partial charge in [-0.25, -0.2) is 4.79 Å². The van der Waals surface area contributed by atoms with Crippen molar-refractivity contribution in [3.8, 4) is 0 Å². The lowest BCUT2D eigenvalue weighted by Gasteiger charge is -2.29. The lowest BCUT2D eigenvalue weighted by Crippen LogP contribution is -2.45. The quantitative estimate of drug-likeness (QED) is 0.259. The Morgan fingerprint density at radius 2 is 1.90 bits per heavy atom. The number of hydrogen-bond acceptors (Lipinski definition) is 4. The SMILES string of the molecule is CCCCC/C=C/C(=O)OC(CC(=O)[O-])C[N+](C)(C)C. The van der Waals surface area contributed by atoms with E-state index in [1.807, 2.05) is 21.1 Å². The van der Waals surface area contributed by atoms with E-state index < -0.39 is 18.0 Å². The third-order valence-electron chi connectivity index (χ3n) is 2.66. The molecule has 116 valence electrons. The normalized spacial score (nSPS) is 13.4. The zero-order valence-electron chi connectivity index (χ0n) is 13.1. The van der Waals surface area contributed by atoms with E-state index in [0.29, 0.717) is 11.0 Å². The number of carbonyl (C=O) groups is 2. The number of rotatable bonds is 10. The number of quaternary nitrogens is 1. The van der Waals surface area contributed by atoms with Crippen molar-refractivity contribution in [2.75, 3.05) is 27.7 Å². The van der Waals surface area contributed by atoms with E-state index in [0.717, 1.165) is 25.7 Å². The average molecular weight is 285 g/mol. The van der Waals surface area contributed by atoms with E-state index in [2.05, 4.69) is 6.92 Å². The monoisotopic (exact) mass is 285 g/mol. The Morgan fingerprint density at radius 1 is 1.25 bits per heavy atom. The summed E-state index contributed by atoms with van der Waals surface area (Å²) in [6, 6.07) is 0. The van der Waals surface area contributed by atoms with Crippen LogP contribution in [0.2, 0.25) is 0 Å². The number of ether oxygens (including phenoxy) is 1. The van der Waals surface area contributed by atoms with Crippen LogP contribution in [-0.4, -0.2) is 50.2 Å². The van der Waals surface area contributed by atoms with Gasteiger partial charge in [-0.15, -0.1) is 0 Å². The van der Waals surface area contributed by atoms with Crippen molar-refractivity contribution in [3.63, 3.8) is 0 Å². The molecule has 1 unspecified atom stereocenters. The van der Waals surface area contributed by atoms with Gasteiger partial charge in [-0.1, -0.05) is 25.8 Å². The number of carboxylic acids is 1. The van der Waals surface area contributed by atoms with E-state index in [1.165, 1.54) is 6.08 Å². The average Bonchev–Trinajstić information content (AvgIpc) is 2.25. The summed E-state index contributed by atoms with van der Waals surface area (Å²) >= 11 is 0. The second kappa shape index (κ2) is 9.53. The predicted molar refractivity (Wildman–Crippen MR) is 75.7 cm³/mol. The fourth-order valence-electron chi connectivity index (χ4n) is 1.84. The maximum Gasteiger partial charge on any atom is 0.330 e. The molecule has 0 saturated heterocycles. The highest BCUT2D eigenvalue weighted by molar-refractivity contribution is 5.82. The van der Waals surface area contributed by atoms with Crippen molar-refractivity contribution >= 4 is 11.9 Å². The lowest BCUT2D eigenvalue weighted by molar-refractivity contribution is -0.873. The van der Waals surface area contributed by atoms with Crippen LogP contribution in [0.1, 0.15) is 39.0 Å². The Kier molecular flexibility index (Phi) is 8.88. The minimum Gasteiger partial charge on any atom is -0.550 e. The molecule has 5 nitrogen and oxygen atoms in total. The fraction of sp³-hybridized carbons (Fsp3) is 0.733. The van der Waals surface area contributed by atoms with Gasteiger partial charge in [-0.2, -0.15) is 0 Å². The number of allylic oxidation sites excluding steroid dienone is 1. The summed E-state index contributed by atoms with van der Waals surface area (Å²) in [7, 11) is 5.74. The Balaban J connectivity index is 4.27. The molecule has 0 N–H and O–H groups in total. The summed E-state index contributed by atoms with van der Waals surface area (Å²) in [5.74, 6) is -1.69. The summed E-state index contributed by atoms with van der Waals surface area (Å²) in [5, 5.41) is 10.7. The highest BCUT2D eigenvalue weighted by Gasteiger charge is 2.21. The molecule has 20 heavy (non-hydrogen) atoms. The van der Waals surface area contributed by atoms with Crippen LogP contribution in [0.15, 0.2) is 12.2 Å². The first kappa shape index (κ1) is 18.6. The molecule has 0 aromatic heterocycles. The number of nitrogens with zero attached hydrogens (tertiary/aromatic N) is 1. The Bertz CT molecular complexity index is 331. The van der Waals surface area contributed by atoms with E-state index in [-0.39, 0.29) is 6.42 Å². The van der Waals surface area contributed by atoms with Gasteiger partial charge in [0, 0.05) is 18.5 Å². The van der Waals surface area contributed by atoms with Gasteiger partial charge in [0.05, 0.1) is 21.1 Å². The van der Waals surface area contributed by atoms with Gasteiger partial charge in [-0.05, 0) is 12.8 Å². The van der Waals surface area contributed by atoms with Gasteiger partial charge < -0.3 is 19.1 Å². The molecular weight excluding hydrogens is 258 g/mol. The molecule has 0 spiro atoms. The van der Waals surface area contributed by atoms with Gasteiger partial charge in [0.25, 0.3) is 0 Å². The summed E-state index contributed by atoms with van der Waals surface area (Å²) in [5.41, 5.74) is 0. The molecule has 0 saturated carbocycles. The molecule has 0 heterocycles. The van der Waals surface area contributed by atoms with Gasteiger partial charge in [0.2, 0.25) is 0 Å². The maximum atomic E-state index is 11.6. The highest BCUT2D eigenvalue weighted by atomic mass is 16.5. The van der Waals surface area contributed by atoms with Crippen LogP contribution < -0.4 is 5.11 Å². The summed E-state index contributed by atoms with van der Waals surface area (Å²) in [6.07, 6.45) is 6.38. The zero-order chi connectivity index (χ0) is 15.6. The number of hydrogen-bond donors (Lipinski definition) is 0. The molecular formula is C15H27NO4. The first-order valence-electron chi connectivity index (χ1n) is 7.12. The molecule has 0 amide bonds. The Labute approximate surface area is 121 Å². The molecule has 0 radical (unpaired) electrons. The Hall–Kier alpha value is -1.36. The molecule has 0 rings (SSSR count).